The lowest BCUT2D eigenvalue weighted by Gasteiger charge is -2.28. The van der Waals surface area contributed by atoms with Gasteiger partial charge in [0.05, 0.1) is 0 Å². The highest BCUT2D eigenvalue weighted by molar-refractivity contribution is 5.76. The van der Waals surface area contributed by atoms with Gasteiger partial charge in [0.1, 0.15) is 0 Å². The van der Waals surface area contributed by atoms with Gasteiger partial charge < -0.3 is 11.5 Å². The number of hydrogen-bond acceptors (Lipinski definition) is 3. The lowest BCUT2D eigenvalue weighted by Crippen LogP contribution is -2.41. The van der Waals surface area contributed by atoms with Crippen LogP contribution in [0.3, 0.4) is 0 Å². The van der Waals surface area contributed by atoms with Crippen molar-refractivity contribution in [3.8, 4) is 0 Å². The zero-order valence-electron chi connectivity index (χ0n) is 6.62. The number of carbonyl (C=O) groups excluding carboxylic acids is 1. The average molecular weight is 157 g/mol. The van der Waals surface area contributed by atoms with Crippen LogP contribution < -0.4 is 11.5 Å². The minimum atomic E-state index is -0.165. The second-order valence-corrected chi connectivity index (χ2v) is 2.98. The molecule has 0 saturated carbocycles. The van der Waals surface area contributed by atoms with Crippen LogP contribution >= 0.6 is 0 Å². The van der Waals surface area contributed by atoms with Crippen LogP contribution in [0.15, 0.2) is 0 Å². The fraction of sp³-hybridized carbons (Fsp3) is 0.857. The second kappa shape index (κ2) is 3.69. The molecule has 0 atom stereocenters. The third-order valence-corrected chi connectivity index (χ3v) is 2.25. The number of nitrogens with zero attached hydrogens (tertiary/aromatic N) is 1. The van der Waals surface area contributed by atoms with E-state index in [4.69, 9.17) is 11.5 Å². The number of likely N-dealkylation sites (tertiary alicyclic amines) is 1. The molecule has 1 heterocycles. The van der Waals surface area contributed by atoms with Gasteiger partial charge in [0.2, 0.25) is 5.91 Å². The number of amides is 1. The summed E-state index contributed by atoms with van der Waals surface area (Å²) in [5, 5.41) is 0. The summed E-state index contributed by atoms with van der Waals surface area (Å²) in [6.07, 6.45) is 1.74. The van der Waals surface area contributed by atoms with E-state index in [9.17, 15) is 4.79 Å². The van der Waals surface area contributed by atoms with E-state index in [2.05, 4.69) is 4.90 Å². The van der Waals surface area contributed by atoms with E-state index in [1.165, 1.54) is 0 Å². The predicted octanol–water partition coefficient (Wildman–Crippen LogP) is -0.900. The van der Waals surface area contributed by atoms with Gasteiger partial charge >= 0.3 is 0 Å². The third kappa shape index (κ3) is 2.17. The molecule has 1 rings (SSSR count). The molecular formula is C7H15N3O. The van der Waals surface area contributed by atoms with Gasteiger partial charge in [0.15, 0.2) is 0 Å². The van der Waals surface area contributed by atoms with Crippen molar-refractivity contribution >= 4 is 5.91 Å². The van der Waals surface area contributed by atoms with E-state index in [0.717, 1.165) is 25.9 Å². The number of nitrogens with two attached hydrogens (primary N) is 2. The van der Waals surface area contributed by atoms with Gasteiger partial charge in [-0.1, -0.05) is 0 Å². The molecule has 0 aromatic rings. The SMILES string of the molecule is NCN1CCC(C(N)=O)CC1. The lowest BCUT2D eigenvalue weighted by atomic mass is 9.97. The Bertz CT molecular complexity index is 141. The number of piperidine rings is 1. The highest BCUT2D eigenvalue weighted by atomic mass is 16.1. The standard InChI is InChI=1S/C7H15N3O/c8-5-10-3-1-6(2-4-10)7(9)11/h6H,1-5,8H2,(H2,9,11). The Morgan fingerprint density at radius 3 is 2.36 bits per heavy atom. The Hall–Kier alpha value is -0.610. The van der Waals surface area contributed by atoms with Crippen molar-refractivity contribution in [3.05, 3.63) is 0 Å². The van der Waals surface area contributed by atoms with E-state index in [1.807, 2.05) is 0 Å². The summed E-state index contributed by atoms with van der Waals surface area (Å²) in [4.78, 5) is 12.8. The summed E-state index contributed by atoms with van der Waals surface area (Å²) in [5.41, 5.74) is 10.6. The fourth-order valence-electron chi connectivity index (χ4n) is 1.40. The Morgan fingerprint density at radius 2 is 2.00 bits per heavy atom. The van der Waals surface area contributed by atoms with E-state index >= 15 is 0 Å². The summed E-state index contributed by atoms with van der Waals surface area (Å²) in [6, 6.07) is 0. The fourth-order valence-corrected chi connectivity index (χ4v) is 1.40. The van der Waals surface area contributed by atoms with Crippen LogP contribution in [0.1, 0.15) is 12.8 Å². The van der Waals surface area contributed by atoms with Crippen molar-refractivity contribution in [1.29, 1.82) is 0 Å². The van der Waals surface area contributed by atoms with E-state index in [1.54, 1.807) is 0 Å². The maximum absolute atomic E-state index is 10.7. The molecule has 11 heavy (non-hydrogen) atoms. The summed E-state index contributed by atoms with van der Waals surface area (Å²) < 4.78 is 0. The van der Waals surface area contributed by atoms with E-state index in [0.29, 0.717) is 6.67 Å². The molecule has 1 saturated heterocycles. The van der Waals surface area contributed by atoms with Gasteiger partial charge in [-0.25, -0.2) is 0 Å². The Labute approximate surface area is 66.5 Å². The van der Waals surface area contributed by atoms with E-state index in [-0.39, 0.29) is 11.8 Å². The highest BCUT2D eigenvalue weighted by Gasteiger charge is 2.21. The Kier molecular flexibility index (Phi) is 2.84. The second-order valence-electron chi connectivity index (χ2n) is 2.98. The van der Waals surface area contributed by atoms with Gasteiger partial charge in [-0.05, 0) is 12.8 Å². The molecule has 1 fully saturated rings. The van der Waals surface area contributed by atoms with Crippen LogP contribution in [0, 0.1) is 5.92 Å². The number of rotatable bonds is 2. The summed E-state index contributed by atoms with van der Waals surface area (Å²) in [6.45, 7) is 2.40. The monoisotopic (exact) mass is 157 g/mol. The number of carbonyl (C=O) groups is 1. The highest BCUT2D eigenvalue weighted by Crippen LogP contribution is 2.15. The first-order chi connectivity index (χ1) is 5.24. The first-order valence-electron chi connectivity index (χ1n) is 3.95. The minimum Gasteiger partial charge on any atom is -0.369 e. The summed E-state index contributed by atoms with van der Waals surface area (Å²) in [5.74, 6) is -0.0838. The van der Waals surface area contributed by atoms with Crippen LogP contribution in [0.4, 0.5) is 0 Å². The molecular weight excluding hydrogens is 142 g/mol. The molecule has 0 spiro atoms. The first-order valence-corrected chi connectivity index (χ1v) is 3.95. The van der Waals surface area contributed by atoms with Crippen LogP contribution in [0.2, 0.25) is 0 Å². The molecule has 0 unspecified atom stereocenters. The molecule has 1 aliphatic rings. The molecule has 64 valence electrons. The maximum atomic E-state index is 10.7. The molecule has 4 heteroatoms. The molecule has 1 aliphatic heterocycles. The topological polar surface area (TPSA) is 72.3 Å². The van der Waals surface area contributed by atoms with Crippen molar-refractivity contribution in [2.45, 2.75) is 12.8 Å². The van der Waals surface area contributed by atoms with Gasteiger partial charge in [-0.2, -0.15) is 0 Å². The molecule has 4 nitrogen and oxygen atoms in total. The summed E-state index contributed by atoms with van der Waals surface area (Å²) >= 11 is 0. The van der Waals surface area contributed by atoms with Gasteiger partial charge in [0.25, 0.3) is 0 Å². The van der Waals surface area contributed by atoms with Crippen molar-refractivity contribution in [3.63, 3.8) is 0 Å². The van der Waals surface area contributed by atoms with Crippen LogP contribution in [0.25, 0.3) is 0 Å². The van der Waals surface area contributed by atoms with Crippen molar-refractivity contribution in [1.82, 2.24) is 4.90 Å². The van der Waals surface area contributed by atoms with Crippen molar-refractivity contribution < 1.29 is 4.79 Å². The third-order valence-electron chi connectivity index (χ3n) is 2.25. The van der Waals surface area contributed by atoms with Crippen molar-refractivity contribution in [2.24, 2.45) is 17.4 Å². The Morgan fingerprint density at radius 1 is 1.45 bits per heavy atom. The lowest BCUT2D eigenvalue weighted by molar-refractivity contribution is -0.123. The largest absolute Gasteiger partial charge is 0.369 e. The molecule has 4 N–H and O–H groups in total. The number of primary amides is 1. The minimum absolute atomic E-state index is 0.0813. The quantitative estimate of drug-likeness (QED) is 0.545. The molecule has 0 aromatic carbocycles. The average Bonchev–Trinajstić information content (AvgIpc) is 2.05. The van der Waals surface area contributed by atoms with Crippen LogP contribution in [0.5, 0.6) is 0 Å². The van der Waals surface area contributed by atoms with Gasteiger partial charge in [0, 0.05) is 25.7 Å². The van der Waals surface area contributed by atoms with Crippen LogP contribution in [-0.4, -0.2) is 30.6 Å². The smallest absolute Gasteiger partial charge is 0.220 e. The van der Waals surface area contributed by atoms with Gasteiger partial charge in [-0.3, -0.25) is 9.69 Å². The summed E-state index contributed by atoms with van der Waals surface area (Å²) in [7, 11) is 0. The predicted molar refractivity (Wildman–Crippen MR) is 42.5 cm³/mol. The molecule has 0 bridgehead atoms. The molecule has 0 aliphatic carbocycles. The molecule has 0 aromatic heterocycles. The van der Waals surface area contributed by atoms with Crippen LogP contribution in [-0.2, 0) is 4.79 Å². The maximum Gasteiger partial charge on any atom is 0.220 e. The Balaban J connectivity index is 2.30. The zero-order valence-corrected chi connectivity index (χ0v) is 6.62. The van der Waals surface area contributed by atoms with Crippen molar-refractivity contribution in [2.75, 3.05) is 19.8 Å². The van der Waals surface area contributed by atoms with E-state index < -0.39 is 0 Å². The molecule has 1 amide bonds. The zero-order chi connectivity index (χ0) is 8.27. The molecule has 0 radical (unpaired) electrons. The number of hydrogen-bond donors (Lipinski definition) is 2. The first kappa shape index (κ1) is 8.49. The normalized spacial score (nSPS) is 21.9. The van der Waals surface area contributed by atoms with Gasteiger partial charge in [-0.15, -0.1) is 0 Å².